The van der Waals surface area contributed by atoms with Crippen molar-refractivity contribution in [3.8, 4) is 0 Å². The largest absolute Gasteiger partial charge is 0.351 e. The zero-order chi connectivity index (χ0) is 14.7. The molecular formula is C16H20N4O. The Labute approximate surface area is 123 Å². The third-order valence-electron chi connectivity index (χ3n) is 3.65. The van der Waals surface area contributed by atoms with E-state index in [0.29, 0.717) is 25.6 Å². The summed E-state index contributed by atoms with van der Waals surface area (Å²) in [6.45, 7) is 1.91. The van der Waals surface area contributed by atoms with Gasteiger partial charge in [0.05, 0.1) is 0 Å². The van der Waals surface area contributed by atoms with Crippen LogP contribution in [0.3, 0.4) is 0 Å². The molecular weight excluding hydrogens is 264 g/mol. The first kappa shape index (κ1) is 13.8. The summed E-state index contributed by atoms with van der Waals surface area (Å²) >= 11 is 0. The minimum Gasteiger partial charge on any atom is -0.351 e. The number of aromatic amines is 1. The molecule has 5 nitrogen and oxygen atoms in total. The number of anilines is 1. The Hall–Kier alpha value is -2.14. The fourth-order valence-corrected chi connectivity index (χ4v) is 2.41. The summed E-state index contributed by atoms with van der Waals surface area (Å²) in [6, 6.07) is 11.7. The topological polar surface area (TPSA) is 75.0 Å². The van der Waals surface area contributed by atoms with E-state index >= 15 is 0 Å². The van der Waals surface area contributed by atoms with Crippen molar-refractivity contribution in [3.05, 3.63) is 58.1 Å². The van der Waals surface area contributed by atoms with Crippen molar-refractivity contribution >= 4 is 5.82 Å². The number of nitrogens with zero attached hydrogens (tertiary/aromatic N) is 2. The fraction of sp³-hybridized carbons (Fsp3) is 0.375. The third kappa shape index (κ3) is 3.49. The maximum atomic E-state index is 11.9. The quantitative estimate of drug-likeness (QED) is 0.845. The van der Waals surface area contributed by atoms with Gasteiger partial charge in [0.15, 0.2) is 0 Å². The molecule has 21 heavy (non-hydrogen) atoms. The van der Waals surface area contributed by atoms with Crippen molar-refractivity contribution in [1.82, 2.24) is 9.97 Å². The molecule has 0 unspecified atom stereocenters. The molecule has 0 aliphatic heterocycles. The zero-order valence-electron chi connectivity index (χ0n) is 12.0. The summed E-state index contributed by atoms with van der Waals surface area (Å²) in [4.78, 5) is 21.4. The van der Waals surface area contributed by atoms with Crippen LogP contribution in [-0.2, 0) is 6.54 Å². The number of aromatic nitrogens is 2. The summed E-state index contributed by atoms with van der Waals surface area (Å²) in [5, 5.41) is 0. The SMILES string of the molecule is NCCN(Cc1ccccc1)c1cc(=O)[nH]c(C2CC2)n1. The average molecular weight is 284 g/mol. The second kappa shape index (κ2) is 6.10. The van der Waals surface area contributed by atoms with Gasteiger partial charge in [0, 0.05) is 31.6 Å². The van der Waals surface area contributed by atoms with Crippen molar-refractivity contribution in [2.24, 2.45) is 5.73 Å². The van der Waals surface area contributed by atoms with Gasteiger partial charge in [0.2, 0.25) is 0 Å². The van der Waals surface area contributed by atoms with Crippen molar-refractivity contribution in [3.63, 3.8) is 0 Å². The van der Waals surface area contributed by atoms with Crippen LogP contribution in [0.2, 0.25) is 0 Å². The van der Waals surface area contributed by atoms with Gasteiger partial charge in [-0.2, -0.15) is 0 Å². The maximum Gasteiger partial charge on any atom is 0.252 e. The van der Waals surface area contributed by atoms with Gasteiger partial charge >= 0.3 is 0 Å². The molecule has 0 spiro atoms. The second-order valence-corrected chi connectivity index (χ2v) is 5.46. The third-order valence-corrected chi connectivity index (χ3v) is 3.65. The van der Waals surface area contributed by atoms with Crippen LogP contribution in [0.1, 0.15) is 30.1 Å². The van der Waals surface area contributed by atoms with E-state index in [1.807, 2.05) is 18.2 Å². The Kier molecular flexibility index (Phi) is 4.01. The molecule has 3 rings (SSSR count). The molecule has 0 radical (unpaired) electrons. The van der Waals surface area contributed by atoms with E-state index in [2.05, 4.69) is 27.0 Å². The molecule has 1 aliphatic carbocycles. The zero-order valence-corrected chi connectivity index (χ0v) is 12.0. The van der Waals surface area contributed by atoms with Crippen LogP contribution in [0.5, 0.6) is 0 Å². The molecule has 5 heteroatoms. The summed E-state index contributed by atoms with van der Waals surface area (Å²) < 4.78 is 0. The minimum atomic E-state index is -0.0861. The highest BCUT2D eigenvalue weighted by Crippen LogP contribution is 2.37. The first-order chi connectivity index (χ1) is 10.3. The van der Waals surface area contributed by atoms with E-state index in [1.165, 1.54) is 5.56 Å². The molecule has 0 amide bonds. The molecule has 1 aliphatic rings. The van der Waals surface area contributed by atoms with Gasteiger partial charge in [-0.15, -0.1) is 0 Å². The smallest absolute Gasteiger partial charge is 0.252 e. The van der Waals surface area contributed by atoms with Gasteiger partial charge in [0.1, 0.15) is 11.6 Å². The van der Waals surface area contributed by atoms with Gasteiger partial charge < -0.3 is 15.6 Å². The van der Waals surface area contributed by atoms with Crippen molar-refractivity contribution in [2.75, 3.05) is 18.0 Å². The van der Waals surface area contributed by atoms with Crippen molar-refractivity contribution in [1.29, 1.82) is 0 Å². The summed E-state index contributed by atoms with van der Waals surface area (Å²) in [6.07, 6.45) is 2.23. The number of rotatable bonds is 6. The first-order valence-electron chi connectivity index (χ1n) is 7.36. The average Bonchev–Trinajstić information content (AvgIpc) is 3.32. The molecule has 110 valence electrons. The van der Waals surface area contributed by atoms with E-state index < -0.39 is 0 Å². The lowest BCUT2D eigenvalue weighted by molar-refractivity contribution is 0.760. The highest BCUT2D eigenvalue weighted by Gasteiger charge is 2.27. The van der Waals surface area contributed by atoms with Gasteiger partial charge in [-0.1, -0.05) is 30.3 Å². The monoisotopic (exact) mass is 284 g/mol. The molecule has 1 fully saturated rings. The predicted molar refractivity (Wildman–Crippen MR) is 83.4 cm³/mol. The maximum absolute atomic E-state index is 11.9. The summed E-state index contributed by atoms with van der Waals surface area (Å²) in [5.41, 5.74) is 6.81. The summed E-state index contributed by atoms with van der Waals surface area (Å²) in [5.74, 6) is 1.96. The number of hydrogen-bond acceptors (Lipinski definition) is 4. The summed E-state index contributed by atoms with van der Waals surface area (Å²) in [7, 11) is 0. The normalized spacial score (nSPS) is 14.1. The number of hydrogen-bond donors (Lipinski definition) is 2. The Balaban J connectivity index is 1.87. The van der Waals surface area contributed by atoms with Gasteiger partial charge in [-0.05, 0) is 18.4 Å². The van der Waals surface area contributed by atoms with Crippen molar-refractivity contribution < 1.29 is 0 Å². The van der Waals surface area contributed by atoms with Crippen LogP contribution in [0.15, 0.2) is 41.2 Å². The van der Waals surface area contributed by atoms with Crippen LogP contribution in [-0.4, -0.2) is 23.1 Å². The van der Waals surface area contributed by atoms with Gasteiger partial charge in [0.25, 0.3) is 5.56 Å². The van der Waals surface area contributed by atoms with E-state index in [4.69, 9.17) is 5.73 Å². The first-order valence-corrected chi connectivity index (χ1v) is 7.36. The Morgan fingerprint density at radius 3 is 2.71 bits per heavy atom. The highest BCUT2D eigenvalue weighted by molar-refractivity contribution is 5.39. The van der Waals surface area contributed by atoms with E-state index in [9.17, 15) is 4.79 Å². The Morgan fingerprint density at radius 1 is 1.29 bits per heavy atom. The van der Waals surface area contributed by atoms with Crippen LogP contribution in [0.4, 0.5) is 5.82 Å². The molecule has 3 N–H and O–H groups in total. The Bertz CT molecular complexity index is 649. The van der Waals surface area contributed by atoms with Gasteiger partial charge in [-0.25, -0.2) is 4.98 Å². The number of nitrogens with two attached hydrogens (primary N) is 1. The molecule has 1 heterocycles. The van der Waals surface area contributed by atoms with E-state index in [1.54, 1.807) is 6.07 Å². The van der Waals surface area contributed by atoms with Gasteiger partial charge in [-0.3, -0.25) is 4.79 Å². The minimum absolute atomic E-state index is 0.0861. The highest BCUT2D eigenvalue weighted by atomic mass is 16.1. The van der Waals surface area contributed by atoms with E-state index in [0.717, 1.165) is 24.5 Å². The lowest BCUT2D eigenvalue weighted by Gasteiger charge is -2.23. The molecule has 1 saturated carbocycles. The molecule has 0 bridgehead atoms. The van der Waals surface area contributed by atoms with Crippen molar-refractivity contribution in [2.45, 2.75) is 25.3 Å². The van der Waals surface area contributed by atoms with Crippen LogP contribution in [0, 0.1) is 0 Å². The second-order valence-electron chi connectivity index (χ2n) is 5.46. The molecule has 1 aromatic heterocycles. The molecule has 0 atom stereocenters. The van der Waals surface area contributed by atoms with Crippen LogP contribution < -0.4 is 16.2 Å². The molecule has 0 saturated heterocycles. The molecule has 2 aromatic rings. The van der Waals surface area contributed by atoms with Crippen LogP contribution in [0.25, 0.3) is 0 Å². The van der Waals surface area contributed by atoms with E-state index in [-0.39, 0.29) is 5.56 Å². The lowest BCUT2D eigenvalue weighted by atomic mass is 10.2. The fourth-order valence-electron chi connectivity index (χ4n) is 2.41. The standard InChI is InChI=1S/C16H20N4O/c17-8-9-20(11-12-4-2-1-3-5-12)14-10-15(21)19-16(18-14)13-6-7-13/h1-5,10,13H,6-9,11,17H2,(H,18,19,21). The molecule has 1 aromatic carbocycles. The number of nitrogens with one attached hydrogen (secondary N) is 1. The number of H-pyrrole nitrogens is 1. The number of benzene rings is 1. The lowest BCUT2D eigenvalue weighted by Crippen LogP contribution is -2.31. The predicted octanol–water partition coefficient (Wildman–Crippen LogP) is 1.61. The van der Waals surface area contributed by atoms with Crippen LogP contribution >= 0.6 is 0 Å². The Morgan fingerprint density at radius 2 is 2.05 bits per heavy atom.